The summed E-state index contributed by atoms with van der Waals surface area (Å²) in [4.78, 5) is 0. The van der Waals surface area contributed by atoms with Crippen LogP contribution in [-0.2, 0) is 11.8 Å². The molecule has 0 aliphatic heterocycles. The van der Waals surface area contributed by atoms with Crippen molar-refractivity contribution in [3.05, 3.63) is 12.7 Å². The van der Waals surface area contributed by atoms with Gasteiger partial charge < -0.3 is 0 Å². The quantitative estimate of drug-likeness (QED) is 0.326. The molecule has 0 radical (unpaired) electrons. The molecule has 0 aliphatic rings. The van der Waals surface area contributed by atoms with E-state index in [4.69, 9.17) is 17.3 Å². The first-order valence-electron chi connectivity index (χ1n) is 2.10. The van der Waals surface area contributed by atoms with Crippen LogP contribution in [0.4, 0.5) is 0 Å². The fourth-order valence-electron chi connectivity index (χ4n) is 0.116. The predicted molar refractivity (Wildman–Crippen MR) is 39.6 cm³/mol. The molecule has 36 valence electrons. The average molecular weight is 127 g/mol. The van der Waals surface area contributed by atoms with E-state index < -0.39 is 6.85 Å². The Hall–Kier alpha value is 0.947. The molecule has 0 saturated heterocycles. The minimum atomic E-state index is -0.998. The Morgan fingerprint density at radius 3 is 2.43 bits per heavy atom. The van der Waals surface area contributed by atoms with Crippen molar-refractivity contribution in [2.75, 3.05) is 0 Å². The van der Waals surface area contributed by atoms with E-state index in [-0.39, 0.29) is 0 Å². The molecule has 0 aromatic rings. The SMILES string of the molecule is [Li][CH](C=C)[PH](N)=S. The molecule has 0 aromatic carbocycles. The van der Waals surface area contributed by atoms with E-state index in [1.54, 1.807) is 6.08 Å². The van der Waals surface area contributed by atoms with Crippen molar-refractivity contribution in [3.63, 3.8) is 0 Å². The molecule has 2 N–H and O–H groups in total. The molecule has 0 heterocycles. The third kappa shape index (κ3) is 3.52. The zero-order valence-electron chi connectivity index (χ0n) is 4.35. The Bertz CT molecular complexity index is 94.9. The van der Waals surface area contributed by atoms with Gasteiger partial charge in [-0.2, -0.15) is 0 Å². The third-order valence-electron chi connectivity index (χ3n) is 0.802. The summed E-state index contributed by atoms with van der Waals surface area (Å²) >= 11 is 6.80. The van der Waals surface area contributed by atoms with Gasteiger partial charge in [-0.15, -0.1) is 0 Å². The number of hydrogen-bond acceptors (Lipinski definition) is 1. The second kappa shape index (κ2) is 3.89. The van der Waals surface area contributed by atoms with E-state index in [9.17, 15) is 0 Å². The summed E-state index contributed by atoms with van der Waals surface area (Å²) in [6.07, 6.45) is 1.81. The molecule has 1 nitrogen and oxygen atoms in total. The summed E-state index contributed by atoms with van der Waals surface area (Å²) in [5.41, 5.74) is 5.39. The van der Waals surface area contributed by atoms with Crippen molar-refractivity contribution in [1.82, 2.24) is 0 Å². The second-order valence-corrected chi connectivity index (χ2v) is 4.56. The Balaban J connectivity index is 3.55. The molecule has 0 rings (SSSR count). The van der Waals surface area contributed by atoms with Crippen LogP contribution in [0.3, 0.4) is 0 Å². The Labute approximate surface area is 59.0 Å². The molecule has 7 heavy (non-hydrogen) atoms. The van der Waals surface area contributed by atoms with Crippen LogP contribution < -0.4 is 5.50 Å². The van der Waals surface area contributed by atoms with Crippen LogP contribution in [0.5, 0.6) is 0 Å². The van der Waals surface area contributed by atoms with Crippen molar-refractivity contribution >= 4 is 36.4 Å². The average Bonchev–Trinajstić information content (AvgIpc) is 1.65. The number of allylic oxidation sites excluding steroid dienone is 1. The topological polar surface area (TPSA) is 26.0 Å². The molecule has 0 saturated carbocycles. The van der Waals surface area contributed by atoms with Crippen LogP contribution in [0.1, 0.15) is 0 Å². The van der Waals surface area contributed by atoms with Crippen molar-refractivity contribution in [2.24, 2.45) is 5.50 Å². The number of hydrogen-bond donors (Lipinski definition) is 1. The fourth-order valence-corrected chi connectivity index (χ4v) is 0.637. The molecule has 0 spiro atoms. The molecular formula is C3H7LiNPS. The standard InChI is InChI=1S/C3H7NPS.Li/c1-2-3-5(4)6;/h2-3,5H,1H2,(H2,4,6);. The van der Waals surface area contributed by atoms with E-state index in [0.29, 0.717) is 4.33 Å². The van der Waals surface area contributed by atoms with E-state index in [1.807, 2.05) is 17.7 Å². The molecule has 0 bridgehead atoms. The van der Waals surface area contributed by atoms with E-state index >= 15 is 0 Å². The second-order valence-electron chi connectivity index (χ2n) is 1.43. The van der Waals surface area contributed by atoms with Crippen molar-refractivity contribution in [2.45, 2.75) is 4.33 Å². The van der Waals surface area contributed by atoms with Crippen molar-refractivity contribution in [3.8, 4) is 0 Å². The maximum atomic E-state index is 5.39. The van der Waals surface area contributed by atoms with Gasteiger partial charge >= 0.3 is 58.9 Å². The summed E-state index contributed by atoms with van der Waals surface area (Å²) < 4.78 is 0.361. The van der Waals surface area contributed by atoms with Gasteiger partial charge in [0, 0.05) is 0 Å². The van der Waals surface area contributed by atoms with Gasteiger partial charge in [-0.3, -0.25) is 0 Å². The van der Waals surface area contributed by atoms with Gasteiger partial charge in [-0.05, 0) is 0 Å². The molecule has 0 aliphatic carbocycles. The molecular weight excluding hydrogens is 120 g/mol. The van der Waals surface area contributed by atoms with Crippen LogP contribution >= 0.6 is 6.85 Å². The predicted octanol–water partition coefficient (Wildman–Crippen LogP) is 0.217. The van der Waals surface area contributed by atoms with E-state index in [2.05, 4.69) is 6.58 Å². The van der Waals surface area contributed by atoms with Crippen LogP contribution in [-0.4, -0.2) is 22.0 Å². The van der Waals surface area contributed by atoms with Gasteiger partial charge in [0.05, 0.1) is 0 Å². The van der Waals surface area contributed by atoms with Crippen LogP contribution in [0, 0.1) is 0 Å². The third-order valence-corrected chi connectivity index (χ3v) is 3.05. The van der Waals surface area contributed by atoms with Crippen molar-refractivity contribution in [1.29, 1.82) is 0 Å². The van der Waals surface area contributed by atoms with Gasteiger partial charge in [-0.25, -0.2) is 0 Å². The Kier molecular flexibility index (Phi) is 4.42. The Morgan fingerprint density at radius 1 is 2.00 bits per heavy atom. The monoisotopic (exact) mass is 127 g/mol. The molecule has 2 atom stereocenters. The summed E-state index contributed by atoms with van der Waals surface area (Å²) in [5, 5.41) is 0. The van der Waals surface area contributed by atoms with E-state index in [1.165, 1.54) is 0 Å². The van der Waals surface area contributed by atoms with Gasteiger partial charge in [-0.1, -0.05) is 0 Å². The van der Waals surface area contributed by atoms with Crippen LogP contribution in [0.25, 0.3) is 0 Å². The molecule has 0 fully saturated rings. The normalized spacial score (nSPS) is 18.1. The molecule has 0 aromatic heterocycles. The molecule has 4 heteroatoms. The summed E-state index contributed by atoms with van der Waals surface area (Å²) in [6.45, 7) is 2.56. The summed E-state index contributed by atoms with van der Waals surface area (Å²) in [6, 6.07) is 0. The van der Waals surface area contributed by atoms with Crippen LogP contribution in [0.15, 0.2) is 12.7 Å². The number of nitrogens with two attached hydrogens (primary N) is 1. The van der Waals surface area contributed by atoms with Gasteiger partial charge in [0.2, 0.25) is 0 Å². The zero-order chi connectivity index (χ0) is 5.86. The van der Waals surface area contributed by atoms with Gasteiger partial charge in [0.25, 0.3) is 0 Å². The van der Waals surface area contributed by atoms with Gasteiger partial charge in [0.15, 0.2) is 0 Å². The number of rotatable bonds is 2. The van der Waals surface area contributed by atoms with Gasteiger partial charge in [0.1, 0.15) is 0 Å². The first-order chi connectivity index (χ1) is 3.18. The minimum absolute atomic E-state index is 0.361. The maximum absolute atomic E-state index is 5.39. The van der Waals surface area contributed by atoms with Crippen molar-refractivity contribution < 1.29 is 0 Å². The summed E-state index contributed by atoms with van der Waals surface area (Å²) in [5.74, 6) is 0. The first-order valence-corrected chi connectivity index (χ1v) is 4.89. The first kappa shape index (κ1) is 7.95. The molecule has 2 unspecified atom stereocenters. The summed E-state index contributed by atoms with van der Waals surface area (Å²) in [7, 11) is 0. The molecule has 0 amide bonds. The van der Waals surface area contributed by atoms with Crippen LogP contribution in [0.2, 0.25) is 0 Å². The zero-order valence-corrected chi connectivity index (χ0v) is 6.16. The Morgan fingerprint density at radius 2 is 2.43 bits per heavy atom. The fraction of sp³-hybridized carbons (Fsp3) is 0.333. The van der Waals surface area contributed by atoms with E-state index in [0.717, 1.165) is 0 Å².